The summed E-state index contributed by atoms with van der Waals surface area (Å²) < 4.78 is 27.6. The van der Waals surface area contributed by atoms with Gasteiger partial charge in [-0.1, -0.05) is 59.6 Å². The van der Waals surface area contributed by atoms with Gasteiger partial charge in [-0.3, -0.25) is 9.10 Å². The molecule has 0 fully saturated rings. The Labute approximate surface area is 175 Å². The zero-order valence-corrected chi connectivity index (χ0v) is 17.3. The summed E-state index contributed by atoms with van der Waals surface area (Å²) in [4.78, 5) is 12.8. The second-order valence-electron chi connectivity index (χ2n) is 6.93. The fraction of sp³-hybridized carbons (Fsp3) is 0.136. The average molecular weight is 427 g/mol. The van der Waals surface area contributed by atoms with E-state index in [1.165, 1.54) is 0 Å². The fourth-order valence-electron chi connectivity index (χ4n) is 3.37. The number of fused-ring (bicyclic) bond motifs is 3. The first-order valence-corrected chi connectivity index (χ1v) is 10.9. The molecule has 3 aromatic carbocycles. The molecule has 1 heterocycles. The van der Waals surface area contributed by atoms with Gasteiger partial charge in [0.15, 0.2) is 0 Å². The molecule has 7 heteroatoms. The Bertz CT molecular complexity index is 1190. The first kappa shape index (κ1) is 19.5. The maximum Gasteiger partial charge on any atom is 0.265 e. The maximum atomic E-state index is 13.2. The van der Waals surface area contributed by atoms with Crippen LogP contribution in [0.4, 0.5) is 5.69 Å². The van der Waals surface area contributed by atoms with Gasteiger partial charge in [-0.15, -0.1) is 0 Å². The highest BCUT2D eigenvalue weighted by molar-refractivity contribution is 7.93. The lowest BCUT2D eigenvalue weighted by Gasteiger charge is -2.31. The summed E-state index contributed by atoms with van der Waals surface area (Å²) in [7, 11) is -3.86. The van der Waals surface area contributed by atoms with Crippen molar-refractivity contribution in [3.05, 3.63) is 82.9 Å². The van der Waals surface area contributed by atoms with Gasteiger partial charge in [0.05, 0.1) is 10.6 Å². The number of carbonyl (C=O) groups excluding carboxylic acids is 1. The van der Waals surface area contributed by atoms with E-state index in [4.69, 9.17) is 11.6 Å². The third kappa shape index (κ3) is 3.73. The van der Waals surface area contributed by atoms with Crippen molar-refractivity contribution in [2.45, 2.75) is 18.4 Å². The molecule has 0 radical (unpaired) electrons. The third-order valence-corrected chi connectivity index (χ3v) is 6.92. The Morgan fingerprint density at radius 1 is 1.00 bits per heavy atom. The monoisotopic (exact) mass is 426 g/mol. The molecule has 1 N–H and O–H groups in total. The van der Waals surface area contributed by atoms with Crippen molar-refractivity contribution in [1.29, 1.82) is 0 Å². The van der Waals surface area contributed by atoms with Crippen molar-refractivity contribution < 1.29 is 13.2 Å². The van der Waals surface area contributed by atoms with Gasteiger partial charge in [-0.05, 0) is 36.8 Å². The molecule has 0 aliphatic carbocycles. The molecule has 1 aliphatic heterocycles. The number of aryl methyl sites for hydroxylation is 1. The largest absolute Gasteiger partial charge is 0.350 e. The maximum absolute atomic E-state index is 13.2. The van der Waals surface area contributed by atoms with Crippen LogP contribution in [-0.4, -0.2) is 20.9 Å². The highest BCUT2D eigenvalue weighted by Gasteiger charge is 2.35. The summed E-state index contributed by atoms with van der Waals surface area (Å²) in [6, 6.07) is 19.5. The summed E-state index contributed by atoms with van der Waals surface area (Å²) in [5, 5.41) is 3.30. The molecule has 5 nitrogen and oxygen atoms in total. The predicted molar refractivity (Wildman–Crippen MR) is 114 cm³/mol. The number of anilines is 1. The zero-order chi connectivity index (χ0) is 20.6. The fourth-order valence-corrected chi connectivity index (χ4v) is 5.19. The number of benzene rings is 3. The quantitative estimate of drug-likeness (QED) is 0.681. The number of halogens is 1. The third-order valence-electron chi connectivity index (χ3n) is 4.87. The average Bonchev–Trinajstić information content (AvgIpc) is 2.71. The molecular weight excluding hydrogens is 408 g/mol. The Kier molecular flexibility index (Phi) is 5.06. The van der Waals surface area contributed by atoms with E-state index < -0.39 is 10.0 Å². The van der Waals surface area contributed by atoms with E-state index in [0.717, 1.165) is 15.4 Å². The van der Waals surface area contributed by atoms with Gasteiger partial charge in [0.1, 0.15) is 6.54 Å². The van der Waals surface area contributed by atoms with Crippen molar-refractivity contribution >= 4 is 33.2 Å². The summed E-state index contributed by atoms with van der Waals surface area (Å²) in [5.74, 6) is -0.380. The molecule has 1 amide bonds. The molecule has 0 aromatic heterocycles. The summed E-state index contributed by atoms with van der Waals surface area (Å²) in [6.45, 7) is 2.01. The lowest BCUT2D eigenvalue weighted by molar-refractivity contribution is -0.119. The van der Waals surface area contributed by atoms with Gasteiger partial charge in [0.25, 0.3) is 10.0 Å². The van der Waals surface area contributed by atoms with E-state index in [9.17, 15) is 13.2 Å². The molecule has 0 bridgehead atoms. The standard InChI is InChI=1S/C22H19ClN2O3S/c1-15-6-8-16(9-7-15)13-24-22(26)14-25-20-11-10-17(23)12-19(20)18-4-2-3-5-21(18)29(25,27)28/h2-12H,13-14H2,1H3,(H,24,26). The minimum absolute atomic E-state index is 0.168. The van der Waals surface area contributed by atoms with Crippen LogP contribution in [0.25, 0.3) is 11.1 Å². The van der Waals surface area contributed by atoms with Crippen LogP contribution in [-0.2, 0) is 21.4 Å². The molecule has 0 unspecified atom stereocenters. The van der Waals surface area contributed by atoms with Crippen molar-refractivity contribution in [2.75, 3.05) is 10.8 Å². The molecule has 0 saturated heterocycles. The molecule has 148 valence electrons. The van der Waals surface area contributed by atoms with Gasteiger partial charge in [0.2, 0.25) is 5.91 Å². The number of rotatable bonds is 4. The van der Waals surface area contributed by atoms with Gasteiger partial charge < -0.3 is 5.32 Å². The molecule has 4 rings (SSSR count). The van der Waals surface area contributed by atoms with E-state index in [0.29, 0.717) is 28.4 Å². The van der Waals surface area contributed by atoms with E-state index >= 15 is 0 Å². The predicted octanol–water partition coefficient (Wildman–Crippen LogP) is 4.14. The summed E-state index contributed by atoms with van der Waals surface area (Å²) in [6.07, 6.45) is 0. The van der Waals surface area contributed by atoms with E-state index in [2.05, 4.69) is 5.32 Å². The van der Waals surface area contributed by atoms with Crippen LogP contribution in [0.15, 0.2) is 71.6 Å². The first-order chi connectivity index (χ1) is 13.9. The van der Waals surface area contributed by atoms with E-state index in [1.807, 2.05) is 31.2 Å². The number of hydrogen-bond donors (Lipinski definition) is 1. The Morgan fingerprint density at radius 3 is 2.48 bits per heavy atom. The second kappa shape index (κ2) is 7.54. The smallest absolute Gasteiger partial charge is 0.265 e. The number of hydrogen-bond acceptors (Lipinski definition) is 3. The van der Waals surface area contributed by atoms with Crippen LogP contribution in [0.5, 0.6) is 0 Å². The minimum Gasteiger partial charge on any atom is -0.350 e. The summed E-state index contributed by atoms with van der Waals surface area (Å²) >= 11 is 6.15. The highest BCUT2D eigenvalue weighted by Crippen LogP contribution is 2.43. The lowest BCUT2D eigenvalue weighted by Crippen LogP contribution is -2.42. The van der Waals surface area contributed by atoms with Crippen molar-refractivity contribution in [3.63, 3.8) is 0 Å². The van der Waals surface area contributed by atoms with Crippen LogP contribution in [0, 0.1) is 6.92 Å². The SMILES string of the molecule is Cc1ccc(CNC(=O)CN2c3ccc(Cl)cc3-c3ccccc3S2(=O)=O)cc1. The number of nitrogens with zero attached hydrogens (tertiary/aromatic N) is 1. The van der Waals surface area contributed by atoms with Crippen LogP contribution >= 0.6 is 11.6 Å². The molecule has 1 aliphatic rings. The molecule has 0 spiro atoms. The van der Waals surface area contributed by atoms with Gasteiger partial charge in [0, 0.05) is 22.7 Å². The normalized spacial score (nSPS) is 14.1. The van der Waals surface area contributed by atoms with Crippen molar-refractivity contribution in [2.24, 2.45) is 0 Å². The summed E-state index contributed by atoms with van der Waals surface area (Å²) in [5.41, 5.74) is 3.80. The van der Waals surface area contributed by atoms with Crippen LogP contribution in [0.1, 0.15) is 11.1 Å². The molecule has 3 aromatic rings. The second-order valence-corrected chi connectivity index (χ2v) is 9.20. The van der Waals surface area contributed by atoms with E-state index in [-0.39, 0.29) is 17.3 Å². The van der Waals surface area contributed by atoms with Gasteiger partial charge in [-0.2, -0.15) is 0 Å². The molecule has 0 saturated carbocycles. The van der Waals surface area contributed by atoms with Crippen molar-refractivity contribution in [1.82, 2.24) is 5.32 Å². The van der Waals surface area contributed by atoms with Gasteiger partial charge >= 0.3 is 0 Å². The number of amides is 1. The Morgan fingerprint density at radius 2 is 1.72 bits per heavy atom. The first-order valence-electron chi connectivity index (χ1n) is 9.10. The van der Waals surface area contributed by atoms with Crippen molar-refractivity contribution in [3.8, 4) is 11.1 Å². The zero-order valence-electron chi connectivity index (χ0n) is 15.7. The number of sulfonamides is 1. The Balaban J connectivity index is 1.63. The lowest BCUT2D eigenvalue weighted by atomic mass is 10.0. The van der Waals surface area contributed by atoms with Gasteiger partial charge in [-0.25, -0.2) is 8.42 Å². The number of carbonyl (C=O) groups is 1. The topological polar surface area (TPSA) is 66.5 Å². The van der Waals surface area contributed by atoms with Crippen LogP contribution in [0.2, 0.25) is 5.02 Å². The minimum atomic E-state index is -3.86. The van der Waals surface area contributed by atoms with Crippen LogP contribution < -0.4 is 9.62 Å². The number of nitrogens with one attached hydrogen (secondary N) is 1. The Hall–Kier alpha value is -2.83. The molecule has 29 heavy (non-hydrogen) atoms. The van der Waals surface area contributed by atoms with Crippen LogP contribution in [0.3, 0.4) is 0 Å². The molecule has 0 atom stereocenters. The van der Waals surface area contributed by atoms with E-state index in [1.54, 1.807) is 42.5 Å². The highest BCUT2D eigenvalue weighted by atomic mass is 35.5. The molecular formula is C22H19ClN2O3S.